The molecule has 38 heavy (non-hydrogen) atoms. The average molecular weight is 500 g/mol. The van der Waals surface area contributed by atoms with Crippen LogP contribution in [0.1, 0.15) is 31.2 Å². The summed E-state index contributed by atoms with van der Waals surface area (Å²) in [5, 5.41) is 13.6. The van der Waals surface area contributed by atoms with Gasteiger partial charge in [-0.15, -0.1) is 0 Å². The predicted molar refractivity (Wildman–Crippen MR) is 151 cm³/mol. The van der Waals surface area contributed by atoms with Crippen molar-refractivity contribution in [2.75, 3.05) is 6.54 Å². The van der Waals surface area contributed by atoms with Crippen LogP contribution in [0, 0.1) is 5.92 Å². The number of benzene rings is 1. The van der Waals surface area contributed by atoms with Crippen molar-refractivity contribution in [1.29, 1.82) is 0 Å². The number of nitrogens with zero attached hydrogens (tertiary/aromatic N) is 4. The maximum atomic E-state index is 4.72. The number of nitrogens with one attached hydrogen (secondary N) is 3. The summed E-state index contributed by atoms with van der Waals surface area (Å²) in [6, 6.07) is 16.9. The fraction of sp³-hybridized carbons (Fsp3) is 0.226. The first-order chi connectivity index (χ1) is 18.8. The molecule has 5 heterocycles. The predicted octanol–water partition coefficient (Wildman–Crippen LogP) is 6.51. The van der Waals surface area contributed by atoms with E-state index in [1.54, 1.807) is 0 Å². The first kappa shape index (κ1) is 22.8. The highest BCUT2D eigenvalue weighted by Gasteiger charge is 2.16. The summed E-state index contributed by atoms with van der Waals surface area (Å²) in [7, 11) is 0. The highest BCUT2D eigenvalue weighted by molar-refractivity contribution is 6.01. The van der Waals surface area contributed by atoms with Crippen LogP contribution in [0.25, 0.3) is 55.6 Å². The van der Waals surface area contributed by atoms with Crippen molar-refractivity contribution in [3.8, 4) is 33.8 Å². The zero-order valence-corrected chi connectivity index (χ0v) is 21.1. The van der Waals surface area contributed by atoms with Crippen LogP contribution in [0.2, 0.25) is 0 Å². The molecule has 0 saturated heterocycles. The van der Waals surface area contributed by atoms with E-state index in [9.17, 15) is 0 Å². The van der Waals surface area contributed by atoms with Crippen LogP contribution in [-0.2, 0) is 6.54 Å². The molecule has 0 atom stereocenters. The normalized spacial score (nSPS) is 14.1. The van der Waals surface area contributed by atoms with Gasteiger partial charge in [-0.3, -0.25) is 20.1 Å². The SMILES string of the molecule is c1cc(-c2ccncc2)c2cc(-c3n[nH]c4cnc(-c5cncc(CNCC6CCCC6)c5)cc34)[nH]c2c1. The van der Waals surface area contributed by atoms with Crippen molar-refractivity contribution in [3.63, 3.8) is 0 Å². The van der Waals surface area contributed by atoms with Gasteiger partial charge in [-0.25, -0.2) is 0 Å². The van der Waals surface area contributed by atoms with Gasteiger partial charge in [0.2, 0.25) is 0 Å². The fourth-order valence-corrected chi connectivity index (χ4v) is 5.71. The van der Waals surface area contributed by atoms with Crippen LogP contribution >= 0.6 is 0 Å². The molecule has 1 aliphatic carbocycles. The molecule has 0 aliphatic heterocycles. The molecule has 0 unspecified atom stereocenters. The minimum atomic E-state index is 0.820. The van der Waals surface area contributed by atoms with Crippen LogP contribution in [0.15, 0.2) is 79.5 Å². The third kappa shape index (κ3) is 4.35. The number of rotatable bonds is 7. The maximum Gasteiger partial charge on any atom is 0.116 e. The smallest absolute Gasteiger partial charge is 0.116 e. The van der Waals surface area contributed by atoms with E-state index < -0.39 is 0 Å². The van der Waals surface area contributed by atoms with Crippen molar-refractivity contribution in [3.05, 3.63) is 85.1 Å². The Labute approximate surface area is 220 Å². The summed E-state index contributed by atoms with van der Waals surface area (Å²) >= 11 is 0. The second kappa shape index (κ2) is 9.84. The summed E-state index contributed by atoms with van der Waals surface area (Å²) in [6.45, 7) is 1.91. The third-order valence-electron chi connectivity index (χ3n) is 7.69. The average Bonchev–Trinajstić information content (AvgIpc) is 3.73. The van der Waals surface area contributed by atoms with Gasteiger partial charge in [0, 0.05) is 53.2 Å². The largest absolute Gasteiger partial charge is 0.353 e. The number of fused-ring (bicyclic) bond motifs is 2. The molecule has 5 aromatic heterocycles. The quantitative estimate of drug-likeness (QED) is 0.233. The summed E-state index contributed by atoms with van der Waals surface area (Å²) < 4.78 is 0. The third-order valence-corrected chi connectivity index (χ3v) is 7.69. The van der Waals surface area contributed by atoms with Gasteiger partial charge >= 0.3 is 0 Å². The van der Waals surface area contributed by atoms with E-state index in [1.807, 2.05) is 43.1 Å². The van der Waals surface area contributed by atoms with Crippen molar-refractivity contribution < 1.29 is 0 Å². The molecule has 0 spiro atoms. The Bertz CT molecular complexity index is 1710. The molecule has 1 aromatic carbocycles. The van der Waals surface area contributed by atoms with Crippen molar-refractivity contribution in [1.82, 2.24) is 35.5 Å². The zero-order valence-electron chi connectivity index (χ0n) is 21.1. The molecule has 188 valence electrons. The monoisotopic (exact) mass is 499 g/mol. The van der Waals surface area contributed by atoms with Gasteiger partial charge in [-0.2, -0.15) is 5.10 Å². The maximum absolute atomic E-state index is 4.72. The lowest BCUT2D eigenvalue weighted by molar-refractivity contribution is 0.489. The van der Waals surface area contributed by atoms with Gasteiger partial charge in [0.25, 0.3) is 0 Å². The van der Waals surface area contributed by atoms with Gasteiger partial charge in [-0.05, 0) is 78.4 Å². The van der Waals surface area contributed by atoms with Crippen LogP contribution in [0.5, 0.6) is 0 Å². The van der Waals surface area contributed by atoms with Gasteiger partial charge in [-0.1, -0.05) is 25.0 Å². The molecule has 3 N–H and O–H groups in total. The van der Waals surface area contributed by atoms with Crippen LogP contribution in [0.4, 0.5) is 0 Å². The standard InChI is InChI=1S/C31H29N7/c1-2-5-20(4-1)15-33-16-21-12-23(18-34-17-21)28-14-26-30(19-35-28)37-38-31(26)29-13-25-24(6-3-7-27(25)36-29)22-8-10-32-11-9-22/h3,6-14,17-20,33,36H,1-2,4-5,15-16H2,(H,37,38). The van der Waals surface area contributed by atoms with E-state index in [1.165, 1.54) is 36.8 Å². The molecule has 7 nitrogen and oxygen atoms in total. The first-order valence-corrected chi connectivity index (χ1v) is 13.3. The number of hydrogen-bond acceptors (Lipinski definition) is 5. The Morgan fingerprint density at radius 2 is 1.74 bits per heavy atom. The minimum absolute atomic E-state index is 0.820. The molecular formula is C31H29N7. The van der Waals surface area contributed by atoms with Crippen LogP contribution < -0.4 is 5.32 Å². The summed E-state index contributed by atoms with van der Waals surface area (Å²) in [5.74, 6) is 0.820. The molecule has 1 aliphatic rings. The molecule has 6 aromatic rings. The summed E-state index contributed by atoms with van der Waals surface area (Å²) in [5.41, 5.74) is 9.19. The molecular weight excluding hydrogens is 470 g/mol. The number of pyridine rings is 3. The first-order valence-electron chi connectivity index (χ1n) is 13.3. The second-order valence-corrected chi connectivity index (χ2v) is 10.2. The minimum Gasteiger partial charge on any atom is -0.353 e. The Hall–Kier alpha value is -4.36. The van der Waals surface area contributed by atoms with Gasteiger partial charge < -0.3 is 10.3 Å². The molecule has 0 radical (unpaired) electrons. The topological polar surface area (TPSA) is 95.2 Å². The zero-order chi connectivity index (χ0) is 25.3. The van der Waals surface area contributed by atoms with Gasteiger partial charge in [0.1, 0.15) is 5.69 Å². The second-order valence-electron chi connectivity index (χ2n) is 10.2. The Morgan fingerprint density at radius 3 is 2.63 bits per heavy atom. The lowest BCUT2D eigenvalue weighted by atomic mass is 10.0. The molecule has 1 fully saturated rings. The van der Waals surface area contributed by atoms with E-state index in [0.717, 1.165) is 69.0 Å². The van der Waals surface area contributed by atoms with E-state index in [2.05, 4.69) is 66.9 Å². The van der Waals surface area contributed by atoms with Gasteiger partial charge in [0.05, 0.1) is 23.1 Å². The van der Waals surface area contributed by atoms with E-state index in [-0.39, 0.29) is 0 Å². The van der Waals surface area contributed by atoms with Crippen molar-refractivity contribution in [2.45, 2.75) is 32.2 Å². The lowest BCUT2D eigenvalue weighted by Gasteiger charge is -2.11. The van der Waals surface area contributed by atoms with Crippen LogP contribution in [-0.4, -0.2) is 36.7 Å². The van der Waals surface area contributed by atoms with Crippen LogP contribution in [0.3, 0.4) is 0 Å². The molecule has 1 saturated carbocycles. The number of aromatic nitrogens is 6. The Morgan fingerprint density at radius 1 is 0.842 bits per heavy atom. The number of aromatic amines is 2. The highest BCUT2D eigenvalue weighted by atomic mass is 15.1. The van der Waals surface area contributed by atoms with Gasteiger partial charge in [0.15, 0.2) is 0 Å². The van der Waals surface area contributed by atoms with Crippen molar-refractivity contribution >= 4 is 21.8 Å². The van der Waals surface area contributed by atoms with E-state index >= 15 is 0 Å². The molecule has 0 bridgehead atoms. The molecule has 0 amide bonds. The summed E-state index contributed by atoms with van der Waals surface area (Å²) in [4.78, 5) is 17.0. The van der Waals surface area contributed by atoms with E-state index in [0.29, 0.717) is 0 Å². The number of hydrogen-bond donors (Lipinski definition) is 3. The summed E-state index contributed by atoms with van der Waals surface area (Å²) in [6.07, 6.45) is 14.8. The highest BCUT2D eigenvalue weighted by Crippen LogP contribution is 2.34. The van der Waals surface area contributed by atoms with E-state index in [4.69, 9.17) is 4.98 Å². The number of H-pyrrole nitrogens is 2. The molecule has 7 rings (SSSR count). The Balaban J connectivity index is 1.20. The fourth-order valence-electron chi connectivity index (χ4n) is 5.71. The molecule has 7 heteroatoms. The van der Waals surface area contributed by atoms with Crippen molar-refractivity contribution in [2.24, 2.45) is 5.92 Å². The Kier molecular flexibility index (Phi) is 5.90. The lowest BCUT2D eigenvalue weighted by Crippen LogP contribution is -2.20.